The van der Waals surface area contributed by atoms with E-state index in [0.29, 0.717) is 50.4 Å². The van der Waals surface area contributed by atoms with Gasteiger partial charge >= 0.3 is 0 Å². The average Bonchev–Trinajstić information content (AvgIpc) is 2.99. The van der Waals surface area contributed by atoms with Gasteiger partial charge in [-0.1, -0.05) is 87.5 Å². The minimum Gasteiger partial charge on any atom is -0.367 e. The van der Waals surface area contributed by atoms with E-state index < -0.39 is 5.92 Å². The summed E-state index contributed by atoms with van der Waals surface area (Å²) in [6.45, 7) is 9.16. The number of carbonyl (C=O) groups excluding carboxylic acids is 2. The number of nitrogens with one attached hydrogen (secondary N) is 1. The van der Waals surface area contributed by atoms with E-state index in [9.17, 15) is 9.59 Å². The van der Waals surface area contributed by atoms with Gasteiger partial charge in [0.2, 0.25) is 5.91 Å². The van der Waals surface area contributed by atoms with Gasteiger partial charge < -0.3 is 10.2 Å². The van der Waals surface area contributed by atoms with Crippen molar-refractivity contribution in [1.82, 2.24) is 10.2 Å². The molecule has 212 valence electrons. The van der Waals surface area contributed by atoms with Gasteiger partial charge in [-0.3, -0.25) is 14.5 Å². The maximum absolute atomic E-state index is 15.5. The number of rotatable bonds is 12. The van der Waals surface area contributed by atoms with Crippen molar-refractivity contribution < 1.29 is 14.0 Å². The molecule has 3 aromatic carbocycles. The van der Waals surface area contributed by atoms with E-state index in [1.54, 1.807) is 6.07 Å². The highest BCUT2D eigenvalue weighted by molar-refractivity contribution is 5.87. The van der Waals surface area contributed by atoms with Crippen molar-refractivity contribution >= 4 is 17.4 Å². The Morgan fingerprint density at radius 2 is 1.43 bits per heavy atom. The van der Waals surface area contributed by atoms with Gasteiger partial charge in [0.25, 0.3) is 0 Å². The van der Waals surface area contributed by atoms with Gasteiger partial charge in [0.15, 0.2) is 5.78 Å². The summed E-state index contributed by atoms with van der Waals surface area (Å²) in [5, 5.41) is 3.00. The summed E-state index contributed by atoms with van der Waals surface area (Å²) in [6.07, 6.45) is 2.25. The summed E-state index contributed by atoms with van der Waals surface area (Å²) in [5.74, 6) is -0.512. The number of hydrogen-bond acceptors (Lipinski definition) is 4. The first-order chi connectivity index (χ1) is 19.5. The lowest BCUT2D eigenvalue weighted by atomic mass is 9.88. The van der Waals surface area contributed by atoms with E-state index in [4.69, 9.17) is 0 Å². The zero-order valence-electron chi connectivity index (χ0n) is 24.0. The number of carbonyl (C=O) groups is 2. The van der Waals surface area contributed by atoms with Crippen LogP contribution in [0, 0.1) is 11.7 Å². The smallest absolute Gasteiger partial charge is 0.227 e. The minimum atomic E-state index is -0.410. The number of piperazine rings is 1. The number of halogens is 1. The summed E-state index contributed by atoms with van der Waals surface area (Å²) in [5.41, 5.74) is 3.29. The molecule has 1 aliphatic heterocycles. The highest BCUT2D eigenvalue weighted by Crippen LogP contribution is 2.31. The normalized spacial score (nSPS) is 15.6. The Morgan fingerprint density at radius 3 is 2.00 bits per heavy atom. The maximum atomic E-state index is 15.5. The van der Waals surface area contributed by atoms with Crippen molar-refractivity contribution in [1.29, 1.82) is 0 Å². The fourth-order valence-electron chi connectivity index (χ4n) is 5.80. The molecule has 1 fully saturated rings. The van der Waals surface area contributed by atoms with E-state index in [1.807, 2.05) is 73.7 Å². The Hall–Kier alpha value is -3.51. The molecule has 6 heteroatoms. The number of nitrogens with zero attached hydrogens (tertiary/aromatic N) is 2. The van der Waals surface area contributed by atoms with E-state index in [2.05, 4.69) is 29.0 Å². The molecule has 1 saturated heterocycles. The van der Waals surface area contributed by atoms with Crippen LogP contribution in [0.15, 0.2) is 78.9 Å². The molecule has 1 N–H and O–H groups in total. The molecule has 1 aliphatic rings. The van der Waals surface area contributed by atoms with Crippen LogP contribution in [0.4, 0.5) is 10.1 Å². The topological polar surface area (TPSA) is 52.7 Å². The molecule has 5 nitrogen and oxygen atoms in total. The number of ketones is 1. The quantitative estimate of drug-likeness (QED) is 0.283. The molecule has 0 radical (unpaired) electrons. The largest absolute Gasteiger partial charge is 0.367 e. The van der Waals surface area contributed by atoms with Gasteiger partial charge in [0.1, 0.15) is 5.82 Å². The van der Waals surface area contributed by atoms with Crippen molar-refractivity contribution in [2.45, 2.75) is 58.5 Å². The minimum absolute atomic E-state index is 0.0321. The summed E-state index contributed by atoms with van der Waals surface area (Å²) < 4.78 is 15.5. The van der Waals surface area contributed by atoms with Crippen LogP contribution >= 0.6 is 0 Å². The highest BCUT2D eigenvalue weighted by Gasteiger charge is 2.33. The monoisotopic (exact) mass is 543 g/mol. The average molecular weight is 544 g/mol. The van der Waals surface area contributed by atoms with Gasteiger partial charge in [-0.25, -0.2) is 4.39 Å². The standard InChI is InChI=1S/C34H42FN3O2/c1-4-26(5-2)33(39)32(27-15-11-8-12-16-27)38-21-19-37(20-22-38)31-18-17-28(23-30(31)35)29(6-3)34(40)36-24-25-13-9-7-10-14-25/h7-18,23,26,29,32H,4-6,19-22,24H2,1-3H3,(H,36,40). The summed E-state index contributed by atoms with van der Waals surface area (Å²) in [7, 11) is 0. The van der Waals surface area contributed by atoms with Crippen LogP contribution in [0.3, 0.4) is 0 Å². The first kappa shape index (κ1) is 29.5. The summed E-state index contributed by atoms with van der Waals surface area (Å²) in [6, 6.07) is 24.7. The Bertz CT molecular complexity index is 1240. The van der Waals surface area contributed by atoms with Crippen LogP contribution < -0.4 is 10.2 Å². The number of hydrogen-bond donors (Lipinski definition) is 1. The van der Waals surface area contributed by atoms with Crippen LogP contribution in [-0.4, -0.2) is 42.8 Å². The third-order valence-corrected chi connectivity index (χ3v) is 8.20. The summed E-state index contributed by atoms with van der Waals surface area (Å²) >= 11 is 0. The first-order valence-electron chi connectivity index (χ1n) is 14.6. The van der Waals surface area contributed by atoms with Crippen molar-refractivity contribution in [3.63, 3.8) is 0 Å². The van der Waals surface area contributed by atoms with E-state index >= 15 is 4.39 Å². The van der Waals surface area contributed by atoms with Gasteiger partial charge in [0.05, 0.1) is 17.6 Å². The predicted molar refractivity (Wildman–Crippen MR) is 160 cm³/mol. The second kappa shape index (κ2) is 14.2. The van der Waals surface area contributed by atoms with Gasteiger partial charge in [-0.2, -0.15) is 0 Å². The number of amides is 1. The van der Waals surface area contributed by atoms with Gasteiger partial charge in [-0.15, -0.1) is 0 Å². The SMILES string of the molecule is CCC(CC)C(=O)C(c1ccccc1)N1CCN(c2ccc(C(CC)C(=O)NCc3ccccc3)cc2F)CC1. The molecule has 2 unspecified atom stereocenters. The molecule has 0 spiro atoms. The van der Waals surface area contributed by atoms with Crippen molar-refractivity contribution in [3.05, 3.63) is 101 Å². The number of benzene rings is 3. The lowest BCUT2D eigenvalue weighted by Gasteiger charge is -2.40. The molecular weight excluding hydrogens is 501 g/mol. The molecule has 0 saturated carbocycles. The number of anilines is 1. The molecule has 0 aromatic heterocycles. The first-order valence-corrected chi connectivity index (χ1v) is 14.6. The lowest BCUT2D eigenvalue weighted by Crippen LogP contribution is -2.50. The Kier molecular flexibility index (Phi) is 10.5. The third-order valence-electron chi connectivity index (χ3n) is 8.20. The Morgan fingerprint density at radius 1 is 0.800 bits per heavy atom. The second-order valence-electron chi connectivity index (χ2n) is 10.6. The Balaban J connectivity index is 1.43. The second-order valence-corrected chi connectivity index (χ2v) is 10.6. The van der Waals surface area contributed by atoms with E-state index in [1.165, 1.54) is 6.07 Å². The molecule has 3 aromatic rings. The molecule has 0 bridgehead atoms. The molecule has 40 heavy (non-hydrogen) atoms. The van der Waals surface area contributed by atoms with Crippen molar-refractivity contribution in [2.75, 3.05) is 31.1 Å². The maximum Gasteiger partial charge on any atom is 0.227 e. The third kappa shape index (κ3) is 6.97. The van der Waals surface area contributed by atoms with Crippen LogP contribution in [0.5, 0.6) is 0 Å². The van der Waals surface area contributed by atoms with E-state index in [-0.39, 0.29) is 29.5 Å². The fourth-order valence-corrected chi connectivity index (χ4v) is 5.80. The number of Topliss-reactive ketones (excluding diaryl/α,β-unsaturated/α-hetero) is 1. The zero-order chi connectivity index (χ0) is 28.5. The van der Waals surface area contributed by atoms with Gasteiger partial charge in [0, 0.05) is 38.6 Å². The molecule has 2 atom stereocenters. The molecule has 1 heterocycles. The van der Waals surface area contributed by atoms with Crippen LogP contribution in [-0.2, 0) is 16.1 Å². The zero-order valence-corrected chi connectivity index (χ0v) is 24.0. The lowest BCUT2D eigenvalue weighted by molar-refractivity contribution is -0.129. The predicted octanol–water partition coefficient (Wildman–Crippen LogP) is 6.50. The van der Waals surface area contributed by atoms with Crippen LogP contribution in [0.2, 0.25) is 0 Å². The van der Waals surface area contributed by atoms with E-state index in [0.717, 1.165) is 24.0 Å². The highest BCUT2D eigenvalue weighted by atomic mass is 19.1. The Labute approximate surface area is 238 Å². The van der Waals surface area contributed by atoms with Crippen molar-refractivity contribution in [2.24, 2.45) is 5.92 Å². The molecule has 0 aliphatic carbocycles. The molecule has 1 amide bonds. The molecule has 4 rings (SSSR count). The fraction of sp³-hybridized carbons (Fsp3) is 0.412. The van der Waals surface area contributed by atoms with Crippen LogP contribution in [0.1, 0.15) is 68.7 Å². The van der Waals surface area contributed by atoms with Gasteiger partial charge in [-0.05, 0) is 48.1 Å². The summed E-state index contributed by atoms with van der Waals surface area (Å²) in [4.78, 5) is 30.8. The molecular formula is C34H42FN3O2. The van der Waals surface area contributed by atoms with Crippen LogP contribution in [0.25, 0.3) is 0 Å². The van der Waals surface area contributed by atoms with Crippen molar-refractivity contribution in [3.8, 4) is 0 Å².